The number of aromatic amines is 1. The van der Waals surface area contributed by atoms with Gasteiger partial charge in [-0.1, -0.05) is 0 Å². The molecular weight excluding hydrogens is 445 g/mol. The number of anilines is 1. The summed E-state index contributed by atoms with van der Waals surface area (Å²) in [6.45, 7) is 2.93. The molecule has 0 spiro atoms. The molecule has 0 aliphatic heterocycles. The lowest BCUT2D eigenvalue weighted by Gasteiger charge is -2.12. The van der Waals surface area contributed by atoms with Crippen LogP contribution < -0.4 is 5.32 Å². The van der Waals surface area contributed by atoms with Crippen LogP contribution in [0.3, 0.4) is 0 Å². The average Bonchev–Trinajstić information content (AvgIpc) is 3.11. The first-order valence-electron chi connectivity index (χ1n) is 9.65. The number of alkyl halides is 3. The second kappa shape index (κ2) is 8.23. The lowest BCUT2D eigenvalue weighted by atomic mass is 10.0. The van der Waals surface area contributed by atoms with Crippen molar-refractivity contribution in [2.45, 2.75) is 26.4 Å². The molecule has 170 valence electrons. The van der Waals surface area contributed by atoms with Gasteiger partial charge in [-0.2, -0.15) is 18.3 Å². The van der Waals surface area contributed by atoms with Gasteiger partial charge in [-0.15, -0.1) is 0 Å². The molecule has 3 heterocycles. The van der Waals surface area contributed by atoms with Crippen molar-refractivity contribution in [3.8, 4) is 11.1 Å². The topological polar surface area (TPSA) is 83.6 Å². The molecule has 0 aliphatic carbocycles. The van der Waals surface area contributed by atoms with E-state index < -0.39 is 35.7 Å². The Labute approximate surface area is 183 Å². The van der Waals surface area contributed by atoms with E-state index in [4.69, 9.17) is 0 Å². The fraction of sp³-hybridized carbons (Fsp3) is 0.182. The Morgan fingerprint density at radius 2 is 1.76 bits per heavy atom. The lowest BCUT2D eigenvalue weighted by molar-refractivity contribution is -0.138. The Hall–Kier alpha value is -3.89. The minimum atomic E-state index is -4.64. The largest absolute Gasteiger partial charge is 0.418 e. The number of carbonyl (C=O) groups is 1. The van der Waals surface area contributed by atoms with Gasteiger partial charge in [0.1, 0.15) is 11.6 Å². The third-order valence-electron chi connectivity index (χ3n) is 5.08. The van der Waals surface area contributed by atoms with Crippen LogP contribution in [-0.4, -0.2) is 26.1 Å². The van der Waals surface area contributed by atoms with Gasteiger partial charge in [0.05, 0.1) is 29.6 Å². The molecule has 0 atom stereocenters. The number of H-pyrrole nitrogens is 1. The number of hydrogen-bond donors (Lipinski definition) is 2. The SMILES string of the molecule is Cc1ncc(NC(=O)Cc2cc(F)c(-c3cnc4[nH]nc(C)c4c3)cc2F)cc1C(F)(F)F. The van der Waals surface area contributed by atoms with Crippen LogP contribution >= 0.6 is 0 Å². The van der Waals surface area contributed by atoms with Crippen LogP contribution in [0.15, 0.2) is 36.7 Å². The highest BCUT2D eigenvalue weighted by Gasteiger charge is 2.33. The molecule has 1 aromatic carbocycles. The van der Waals surface area contributed by atoms with Gasteiger partial charge in [0, 0.05) is 34.0 Å². The summed E-state index contributed by atoms with van der Waals surface area (Å²) in [6, 6.07) is 4.19. The molecular formula is C22H16F5N5O. The van der Waals surface area contributed by atoms with Crippen molar-refractivity contribution in [2.75, 3.05) is 5.32 Å². The van der Waals surface area contributed by atoms with E-state index in [9.17, 15) is 26.7 Å². The van der Waals surface area contributed by atoms with Crippen LogP contribution in [0.25, 0.3) is 22.2 Å². The van der Waals surface area contributed by atoms with Gasteiger partial charge >= 0.3 is 6.18 Å². The second-order valence-corrected chi connectivity index (χ2v) is 7.43. The van der Waals surface area contributed by atoms with Gasteiger partial charge in [0.2, 0.25) is 5.91 Å². The molecule has 3 aromatic heterocycles. The molecule has 0 aliphatic rings. The van der Waals surface area contributed by atoms with E-state index in [0.29, 0.717) is 22.3 Å². The molecule has 0 fully saturated rings. The molecule has 33 heavy (non-hydrogen) atoms. The molecule has 0 saturated carbocycles. The predicted molar refractivity (Wildman–Crippen MR) is 110 cm³/mol. The Morgan fingerprint density at radius 1 is 1.00 bits per heavy atom. The van der Waals surface area contributed by atoms with E-state index in [1.807, 2.05) is 0 Å². The molecule has 6 nitrogen and oxygen atoms in total. The summed E-state index contributed by atoms with van der Waals surface area (Å²) in [5.74, 6) is -2.45. The molecule has 2 N–H and O–H groups in total. The van der Waals surface area contributed by atoms with E-state index >= 15 is 0 Å². The standard InChI is InChI=1S/C22H16F5N5O/c1-10-15-3-13(8-29-21(15)32-31-10)16-7-18(23)12(4-19(16)24)5-20(33)30-14-6-17(22(25,26)27)11(2)28-9-14/h3-4,6-9H,5H2,1-2H3,(H,30,33)(H,29,31,32). The van der Waals surface area contributed by atoms with Gasteiger partial charge in [-0.25, -0.2) is 13.8 Å². The molecule has 0 saturated heterocycles. The monoisotopic (exact) mass is 461 g/mol. The zero-order valence-corrected chi connectivity index (χ0v) is 17.3. The third-order valence-corrected chi connectivity index (χ3v) is 5.08. The second-order valence-electron chi connectivity index (χ2n) is 7.43. The van der Waals surface area contributed by atoms with E-state index in [1.54, 1.807) is 13.0 Å². The number of nitrogens with one attached hydrogen (secondary N) is 2. The number of carbonyl (C=O) groups excluding carboxylic acids is 1. The predicted octanol–water partition coefficient (Wildman–Crippen LogP) is 5.11. The number of amides is 1. The van der Waals surface area contributed by atoms with E-state index in [1.165, 1.54) is 13.1 Å². The van der Waals surface area contributed by atoms with Crippen molar-refractivity contribution in [1.82, 2.24) is 20.2 Å². The summed E-state index contributed by atoms with van der Waals surface area (Å²) in [7, 11) is 0. The molecule has 11 heteroatoms. The van der Waals surface area contributed by atoms with E-state index in [2.05, 4.69) is 25.5 Å². The van der Waals surface area contributed by atoms with Crippen molar-refractivity contribution in [3.63, 3.8) is 0 Å². The summed E-state index contributed by atoms with van der Waals surface area (Å²) >= 11 is 0. The molecule has 4 aromatic rings. The van der Waals surface area contributed by atoms with Crippen LogP contribution in [0.2, 0.25) is 0 Å². The van der Waals surface area contributed by atoms with Gasteiger partial charge in [0.15, 0.2) is 5.65 Å². The molecule has 0 bridgehead atoms. The van der Waals surface area contributed by atoms with Crippen LogP contribution in [-0.2, 0) is 17.4 Å². The Morgan fingerprint density at radius 3 is 2.48 bits per heavy atom. The number of fused-ring (bicyclic) bond motifs is 1. The van der Waals surface area contributed by atoms with Crippen molar-refractivity contribution < 1.29 is 26.7 Å². The van der Waals surface area contributed by atoms with Crippen LogP contribution in [0.1, 0.15) is 22.5 Å². The van der Waals surface area contributed by atoms with Gasteiger partial charge in [-0.05, 0) is 38.1 Å². The Kier molecular flexibility index (Phi) is 5.56. The molecule has 0 radical (unpaired) electrons. The molecule has 4 rings (SSSR count). The normalized spacial score (nSPS) is 11.7. The summed E-state index contributed by atoms with van der Waals surface area (Å²) in [4.78, 5) is 20.0. The van der Waals surface area contributed by atoms with Gasteiger partial charge in [-0.3, -0.25) is 14.9 Å². The highest BCUT2D eigenvalue weighted by atomic mass is 19.4. The minimum absolute atomic E-state index is 0.0517. The van der Waals surface area contributed by atoms with Gasteiger partial charge < -0.3 is 5.32 Å². The number of aryl methyl sites for hydroxylation is 2. The smallest absolute Gasteiger partial charge is 0.324 e. The molecule has 1 amide bonds. The molecule has 0 unspecified atom stereocenters. The van der Waals surface area contributed by atoms with Crippen LogP contribution in [0.4, 0.5) is 27.6 Å². The van der Waals surface area contributed by atoms with Crippen molar-refractivity contribution in [2.24, 2.45) is 0 Å². The fourth-order valence-corrected chi connectivity index (χ4v) is 3.39. The number of aromatic nitrogens is 4. The highest BCUT2D eigenvalue weighted by Crippen LogP contribution is 2.32. The first kappa shape index (κ1) is 22.3. The number of hydrogen-bond acceptors (Lipinski definition) is 4. The van der Waals surface area contributed by atoms with Gasteiger partial charge in [0.25, 0.3) is 0 Å². The number of rotatable bonds is 4. The summed E-state index contributed by atoms with van der Waals surface area (Å²) in [6.07, 6.45) is -2.80. The number of benzene rings is 1. The maximum Gasteiger partial charge on any atom is 0.418 e. The lowest BCUT2D eigenvalue weighted by Crippen LogP contribution is -2.17. The Bertz CT molecular complexity index is 1380. The number of halogens is 5. The summed E-state index contributed by atoms with van der Waals surface area (Å²) < 4.78 is 68.5. The number of pyridine rings is 2. The Balaban J connectivity index is 1.56. The van der Waals surface area contributed by atoms with E-state index in [-0.39, 0.29) is 22.5 Å². The van der Waals surface area contributed by atoms with Crippen molar-refractivity contribution >= 4 is 22.6 Å². The number of nitrogens with zero attached hydrogens (tertiary/aromatic N) is 3. The third kappa shape index (κ3) is 4.52. The maximum atomic E-state index is 14.8. The van der Waals surface area contributed by atoms with Crippen LogP contribution in [0, 0.1) is 25.5 Å². The quantitative estimate of drug-likeness (QED) is 0.414. The fourth-order valence-electron chi connectivity index (χ4n) is 3.39. The van der Waals surface area contributed by atoms with Crippen molar-refractivity contribution in [3.05, 3.63) is 70.8 Å². The minimum Gasteiger partial charge on any atom is -0.324 e. The maximum absolute atomic E-state index is 14.8. The zero-order chi connectivity index (χ0) is 23.9. The highest BCUT2D eigenvalue weighted by molar-refractivity contribution is 5.92. The average molecular weight is 461 g/mol. The van der Waals surface area contributed by atoms with E-state index in [0.717, 1.165) is 24.4 Å². The summed E-state index contributed by atoms with van der Waals surface area (Å²) in [5, 5.41) is 9.62. The van der Waals surface area contributed by atoms with Crippen LogP contribution in [0.5, 0.6) is 0 Å². The zero-order valence-electron chi connectivity index (χ0n) is 17.3. The summed E-state index contributed by atoms with van der Waals surface area (Å²) in [5.41, 5.74) is -0.280. The first-order valence-corrected chi connectivity index (χ1v) is 9.65. The van der Waals surface area contributed by atoms with Crippen molar-refractivity contribution in [1.29, 1.82) is 0 Å². The first-order chi connectivity index (χ1) is 15.5.